The van der Waals surface area contributed by atoms with Crippen LogP contribution in [0.4, 0.5) is 0 Å². The molecule has 0 fully saturated rings. The molecule has 1 aromatic rings. The zero-order chi connectivity index (χ0) is 15.4. The average Bonchev–Trinajstić information content (AvgIpc) is 2.90. The van der Waals surface area contributed by atoms with Gasteiger partial charge in [-0.05, 0) is 30.4 Å². The summed E-state index contributed by atoms with van der Waals surface area (Å²) >= 11 is 8.54. The zero-order valence-electron chi connectivity index (χ0n) is 13.9. The zero-order valence-corrected chi connectivity index (χ0v) is 17.2. The van der Waals surface area contributed by atoms with E-state index in [2.05, 4.69) is 81.2 Å². The molecule has 4 heteroatoms. The van der Waals surface area contributed by atoms with Gasteiger partial charge in [-0.2, -0.15) is 11.8 Å². The highest BCUT2D eigenvalue weighted by Gasteiger charge is 2.30. The number of hydrogen-bond donors (Lipinski definition) is 0. The van der Waals surface area contributed by atoms with Crippen molar-refractivity contribution >= 4 is 46.6 Å². The summed E-state index contributed by atoms with van der Waals surface area (Å²) in [6.07, 6.45) is 2.51. The second kappa shape index (κ2) is 8.56. The molecular formula is C17H28S4. The number of fused-ring (bicyclic) bond motifs is 1. The van der Waals surface area contributed by atoms with Gasteiger partial charge in [-0.1, -0.05) is 34.6 Å². The molecule has 0 spiro atoms. The van der Waals surface area contributed by atoms with Gasteiger partial charge in [0.1, 0.15) is 0 Å². The SMILES string of the molecule is CCSCC1CSc2c(C(C)CC)sc(C(C)CC)c2S1. The number of thioether (sulfide) groups is 3. The maximum Gasteiger partial charge on any atom is 0.0357 e. The molecule has 0 saturated heterocycles. The fraction of sp³-hybridized carbons (Fsp3) is 0.765. The summed E-state index contributed by atoms with van der Waals surface area (Å²) in [4.78, 5) is 6.64. The molecule has 2 rings (SSSR count). The molecule has 0 nitrogen and oxygen atoms in total. The highest BCUT2D eigenvalue weighted by molar-refractivity contribution is 8.07. The van der Waals surface area contributed by atoms with Crippen molar-refractivity contribution in [3.8, 4) is 0 Å². The van der Waals surface area contributed by atoms with E-state index in [1.54, 1.807) is 19.5 Å². The van der Waals surface area contributed by atoms with Crippen molar-refractivity contribution in [2.75, 3.05) is 17.3 Å². The maximum atomic E-state index is 2.40. The molecule has 1 aliphatic rings. The van der Waals surface area contributed by atoms with Crippen molar-refractivity contribution in [1.29, 1.82) is 0 Å². The molecule has 0 aliphatic carbocycles. The molecule has 3 unspecified atom stereocenters. The Labute approximate surface area is 147 Å². The van der Waals surface area contributed by atoms with E-state index in [0.29, 0.717) is 5.92 Å². The third-order valence-electron chi connectivity index (χ3n) is 4.20. The number of rotatable bonds is 7. The van der Waals surface area contributed by atoms with Crippen molar-refractivity contribution in [1.82, 2.24) is 0 Å². The summed E-state index contributed by atoms with van der Waals surface area (Å²) < 4.78 is 0. The second-order valence-corrected chi connectivity index (χ2v) is 10.6. The number of thiophene rings is 1. The van der Waals surface area contributed by atoms with E-state index in [0.717, 1.165) is 11.2 Å². The van der Waals surface area contributed by atoms with Crippen LogP contribution in [0.1, 0.15) is 69.1 Å². The van der Waals surface area contributed by atoms with Crippen molar-refractivity contribution < 1.29 is 0 Å². The normalized spacial score (nSPS) is 21.1. The van der Waals surface area contributed by atoms with E-state index >= 15 is 0 Å². The Kier molecular flexibility index (Phi) is 7.38. The predicted octanol–water partition coefficient (Wildman–Crippen LogP) is 7.09. The first-order valence-electron chi connectivity index (χ1n) is 8.15. The van der Waals surface area contributed by atoms with Crippen LogP contribution in [-0.4, -0.2) is 22.5 Å². The molecule has 0 radical (unpaired) electrons. The van der Waals surface area contributed by atoms with Crippen LogP contribution in [0.5, 0.6) is 0 Å². The summed E-state index contributed by atoms with van der Waals surface area (Å²) in [5.74, 6) is 5.28. The van der Waals surface area contributed by atoms with E-state index in [1.165, 1.54) is 30.1 Å². The Morgan fingerprint density at radius 3 is 2.24 bits per heavy atom. The van der Waals surface area contributed by atoms with Gasteiger partial charge in [-0.3, -0.25) is 0 Å². The van der Waals surface area contributed by atoms with Crippen LogP contribution in [0.2, 0.25) is 0 Å². The minimum Gasteiger partial charge on any atom is -0.161 e. The topological polar surface area (TPSA) is 0 Å². The molecule has 1 aliphatic heterocycles. The molecule has 2 heterocycles. The first-order chi connectivity index (χ1) is 10.1. The van der Waals surface area contributed by atoms with Gasteiger partial charge >= 0.3 is 0 Å². The van der Waals surface area contributed by atoms with Gasteiger partial charge in [-0.25, -0.2) is 0 Å². The highest BCUT2D eigenvalue weighted by atomic mass is 32.2. The molecule has 21 heavy (non-hydrogen) atoms. The summed E-state index contributed by atoms with van der Waals surface area (Å²) in [6, 6.07) is 0. The molecule has 1 aromatic heterocycles. The van der Waals surface area contributed by atoms with E-state index < -0.39 is 0 Å². The molecule has 0 saturated carbocycles. The Balaban J connectivity index is 2.29. The molecule has 0 N–H and O–H groups in total. The highest BCUT2D eigenvalue weighted by Crippen LogP contribution is 2.53. The molecule has 0 aromatic carbocycles. The van der Waals surface area contributed by atoms with Crippen LogP contribution in [-0.2, 0) is 0 Å². The van der Waals surface area contributed by atoms with E-state index in [9.17, 15) is 0 Å². The lowest BCUT2D eigenvalue weighted by Gasteiger charge is -2.24. The maximum absolute atomic E-state index is 2.40. The van der Waals surface area contributed by atoms with Crippen LogP contribution in [0, 0.1) is 0 Å². The lowest BCUT2D eigenvalue weighted by atomic mass is 10.1. The first-order valence-corrected chi connectivity index (χ1v) is 12.0. The fourth-order valence-electron chi connectivity index (χ4n) is 2.41. The third kappa shape index (κ3) is 4.19. The Morgan fingerprint density at radius 2 is 1.67 bits per heavy atom. The van der Waals surface area contributed by atoms with Gasteiger partial charge < -0.3 is 0 Å². The van der Waals surface area contributed by atoms with Gasteiger partial charge in [0.15, 0.2) is 0 Å². The second-order valence-electron chi connectivity index (χ2n) is 5.82. The predicted molar refractivity (Wildman–Crippen MR) is 105 cm³/mol. The van der Waals surface area contributed by atoms with Crippen molar-refractivity contribution in [3.05, 3.63) is 9.75 Å². The largest absolute Gasteiger partial charge is 0.161 e. The standard InChI is InChI=1S/C17H28S4/c1-6-11(4)14-16-17(15(21-14)12(5)7-2)20-13(10-19-16)9-18-8-3/h11-13H,6-10H2,1-5H3. The summed E-state index contributed by atoms with van der Waals surface area (Å²) in [6.45, 7) is 11.7. The fourth-order valence-corrected chi connectivity index (χ4v) is 8.52. The quantitative estimate of drug-likeness (QED) is 0.509. The third-order valence-corrected chi connectivity index (χ3v) is 10.3. The van der Waals surface area contributed by atoms with Crippen LogP contribution in [0.3, 0.4) is 0 Å². The lowest BCUT2D eigenvalue weighted by molar-refractivity contribution is 0.723. The van der Waals surface area contributed by atoms with E-state index in [4.69, 9.17) is 0 Å². The van der Waals surface area contributed by atoms with Gasteiger partial charge in [0.25, 0.3) is 0 Å². The molecule has 0 bridgehead atoms. The van der Waals surface area contributed by atoms with Crippen LogP contribution in [0.25, 0.3) is 0 Å². The Hall–Kier alpha value is 0.750. The van der Waals surface area contributed by atoms with Crippen LogP contribution >= 0.6 is 46.6 Å². The molecule has 0 amide bonds. The van der Waals surface area contributed by atoms with E-state index in [-0.39, 0.29) is 0 Å². The van der Waals surface area contributed by atoms with Crippen LogP contribution < -0.4 is 0 Å². The van der Waals surface area contributed by atoms with Crippen molar-refractivity contribution in [3.63, 3.8) is 0 Å². The van der Waals surface area contributed by atoms with Gasteiger partial charge in [-0.15, -0.1) is 34.9 Å². The van der Waals surface area contributed by atoms with Crippen molar-refractivity contribution in [2.24, 2.45) is 0 Å². The number of hydrogen-bond acceptors (Lipinski definition) is 4. The summed E-state index contributed by atoms with van der Waals surface area (Å²) in [5.41, 5.74) is 0. The average molecular weight is 361 g/mol. The van der Waals surface area contributed by atoms with Crippen LogP contribution in [0.15, 0.2) is 9.79 Å². The summed E-state index contributed by atoms with van der Waals surface area (Å²) in [7, 11) is 0. The minimum atomic E-state index is 0.715. The van der Waals surface area contributed by atoms with Gasteiger partial charge in [0, 0.05) is 36.3 Å². The Morgan fingerprint density at radius 1 is 1.05 bits per heavy atom. The van der Waals surface area contributed by atoms with Crippen molar-refractivity contribution in [2.45, 2.75) is 74.3 Å². The first kappa shape index (κ1) is 18.1. The summed E-state index contributed by atoms with van der Waals surface area (Å²) in [5, 5.41) is 0.801. The van der Waals surface area contributed by atoms with Gasteiger partial charge in [0.05, 0.1) is 0 Å². The molecule has 120 valence electrons. The monoisotopic (exact) mass is 360 g/mol. The van der Waals surface area contributed by atoms with Gasteiger partial charge in [0.2, 0.25) is 0 Å². The smallest absolute Gasteiger partial charge is 0.0357 e. The lowest BCUT2D eigenvalue weighted by Crippen LogP contribution is -2.14. The minimum absolute atomic E-state index is 0.715. The van der Waals surface area contributed by atoms with E-state index in [1.807, 2.05) is 0 Å². The molecular weight excluding hydrogens is 332 g/mol. The Bertz CT molecular complexity index is 452. The molecule has 3 atom stereocenters.